The van der Waals surface area contributed by atoms with E-state index >= 15 is 0 Å². The van der Waals surface area contributed by atoms with E-state index in [4.69, 9.17) is 9.47 Å². The molecule has 1 amide bonds. The third kappa shape index (κ3) is 4.95. The number of anilines is 1. The number of sulfonamides is 1. The highest BCUT2D eigenvalue weighted by molar-refractivity contribution is 7.92. The molecule has 0 radical (unpaired) electrons. The number of rotatable bonds is 8. The number of carbonyl (C=O) groups is 1. The van der Waals surface area contributed by atoms with E-state index in [1.165, 1.54) is 27.2 Å². The maximum atomic E-state index is 12.8. The first-order chi connectivity index (χ1) is 13.2. The molecule has 7 nitrogen and oxygen atoms in total. The van der Waals surface area contributed by atoms with E-state index in [1.54, 1.807) is 12.1 Å². The van der Waals surface area contributed by atoms with Crippen LogP contribution in [0, 0.1) is 6.92 Å². The normalized spacial score (nSPS) is 12.2. The zero-order chi connectivity index (χ0) is 20.9. The molecule has 2 rings (SSSR count). The number of carbonyl (C=O) groups excluding carboxylic acids is 1. The lowest BCUT2D eigenvalue weighted by molar-refractivity contribution is -0.122. The molecule has 2 aromatic rings. The van der Waals surface area contributed by atoms with Crippen molar-refractivity contribution in [3.8, 4) is 11.5 Å². The Morgan fingerprint density at radius 2 is 1.82 bits per heavy atom. The first-order valence-electron chi connectivity index (χ1n) is 8.72. The fraction of sp³-hybridized carbons (Fsp3) is 0.350. The molecule has 0 aliphatic heterocycles. The lowest BCUT2D eigenvalue weighted by Crippen LogP contribution is -2.47. The lowest BCUT2D eigenvalue weighted by atomic mass is 10.1. The molecule has 1 atom stereocenters. The average molecular weight is 407 g/mol. The van der Waals surface area contributed by atoms with Crippen LogP contribution in [-0.4, -0.2) is 40.8 Å². The standard InChI is InChI=1S/C20H26N2O5S/c1-14-8-6-7-9-16(14)13-21-20(23)15(2)22(28(5,24)25)18-12-17(26-3)10-11-19(18)27-4/h6-12,15H,13H2,1-5H3,(H,21,23). The van der Waals surface area contributed by atoms with Crippen LogP contribution in [-0.2, 0) is 21.4 Å². The molecular weight excluding hydrogens is 380 g/mol. The van der Waals surface area contributed by atoms with Gasteiger partial charge < -0.3 is 14.8 Å². The predicted molar refractivity (Wildman–Crippen MR) is 109 cm³/mol. The van der Waals surface area contributed by atoms with E-state index in [2.05, 4.69) is 5.32 Å². The van der Waals surface area contributed by atoms with Crippen LogP contribution in [0.15, 0.2) is 42.5 Å². The average Bonchev–Trinajstić information content (AvgIpc) is 2.66. The molecule has 8 heteroatoms. The quantitative estimate of drug-likeness (QED) is 0.728. The highest BCUT2D eigenvalue weighted by Gasteiger charge is 2.31. The fourth-order valence-corrected chi connectivity index (χ4v) is 4.06. The molecule has 0 saturated carbocycles. The number of amides is 1. The predicted octanol–water partition coefficient (Wildman–Crippen LogP) is 2.48. The maximum Gasteiger partial charge on any atom is 0.243 e. The molecule has 1 N–H and O–H groups in total. The number of ether oxygens (including phenoxy) is 2. The molecule has 0 saturated heterocycles. The highest BCUT2D eigenvalue weighted by atomic mass is 32.2. The summed E-state index contributed by atoms with van der Waals surface area (Å²) in [5, 5.41) is 2.81. The van der Waals surface area contributed by atoms with Crippen LogP contribution in [0.3, 0.4) is 0 Å². The summed E-state index contributed by atoms with van der Waals surface area (Å²) >= 11 is 0. The van der Waals surface area contributed by atoms with Gasteiger partial charge in [0.05, 0.1) is 26.2 Å². The molecule has 0 spiro atoms. The van der Waals surface area contributed by atoms with Gasteiger partial charge in [0.25, 0.3) is 0 Å². The van der Waals surface area contributed by atoms with Crippen molar-refractivity contribution >= 4 is 21.6 Å². The van der Waals surface area contributed by atoms with E-state index in [1.807, 2.05) is 31.2 Å². The molecular formula is C20H26N2O5S. The minimum atomic E-state index is -3.77. The molecule has 0 fully saturated rings. The molecule has 0 heterocycles. The SMILES string of the molecule is COc1ccc(OC)c(N(C(C)C(=O)NCc2ccccc2C)S(C)(=O)=O)c1. The number of hydrogen-bond acceptors (Lipinski definition) is 5. The van der Waals surface area contributed by atoms with Crippen molar-refractivity contribution in [2.45, 2.75) is 26.4 Å². The van der Waals surface area contributed by atoms with Crippen molar-refractivity contribution in [3.63, 3.8) is 0 Å². The smallest absolute Gasteiger partial charge is 0.243 e. The fourth-order valence-electron chi connectivity index (χ4n) is 2.89. The van der Waals surface area contributed by atoms with Crippen molar-refractivity contribution in [3.05, 3.63) is 53.6 Å². The molecule has 0 aliphatic rings. The first kappa shape index (κ1) is 21.6. The van der Waals surface area contributed by atoms with Gasteiger partial charge >= 0.3 is 0 Å². The van der Waals surface area contributed by atoms with Crippen molar-refractivity contribution < 1.29 is 22.7 Å². The minimum absolute atomic E-state index is 0.239. The van der Waals surface area contributed by atoms with E-state index in [0.717, 1.165) is 21.7 Å². The Kier molecular flexibility index (Phi) is 6.90. The molecule has 1 unspecified atom stereocenters. The van der Waals surface area contributed by atoms with Gasteiger partial charge in [-0.2, -0.15) is 0 Å². The van der Waals surface area contributed by atoms with Gasteiger partial charge in [-0.15, -0.1) is 0 Å². The summed E-state index contributed by atoms with van der Waals surface area (Å²) in [4.78, 5) is 12.8. The minimum Gasteiger partial charge on any atom is -0.497 e. The lowest BCUT2D eigenvalue weighted by Gasteiger charge is -2.29. The van der Waals surface area contributed by atoms with E-state index in [-0.39, 0.29) is 5.69 Å². The van der Waals surface area contributed by atoms with Crippen LogP contribution >= 0.6 is 0 Å². The van der Waals surface area contributed by atoms with Gasteiger partial charge in [0.2, 0.25) is 15.9 Å². The second-order valence-corrected chi connectivity index (χ2v) is 8.28. The Hall–Kier alpha value is -2.74. The second-order valence-electron chi connectivity index (χ2n) is 6.42. The zero-order valence-electron chi connectivity index (χ0n) is 16.7. The van der Waals surface area contributed by atoms with E-state index in [9.17, 15) is 13.2 Å². The number of methoxy groups -OCH3 is 2. The Morgan fingerprint density at radius 1 is 1.14 bits per heavy atom. The molecule has 0 aromatic heterocycles. The molecule has 152 valence electrons. The van der Waals surface area contributed by atoms with Gasteiger partial charge in [0, 0.05) is 12.6 Å². The van der Waals surface area contributed by atoms with Gasteiger partial charge in [-0.3, -0.25) is 9.10 Å². The Balaban J connectivity index is 2.33. The van der Waals surface area contributed by atoms with Gasteiger partial charge in [-0.25, -0.2) is 8.42 Å². The Morgan fingerprint density at radius 3 is 2.39 bits per heavy atom. The van der Waals surface area contributed by atoms with Crippen molar-refractivity contribution in [1.29, 1.82) is 0 Å². The number of nitrogens with zero attached hydrogens (tertiary/aromatic N) is 1. The number of benzene rings is 2. The summed E-state index contributed by atoms with van der Waals surface area (Å²) in [6, 6.07) is 11.5. The van der Waals surface area contributed by atoms with Crippen LogP contribution in [0.25, 0.3) is 0 Å². The zero-order valence-corrected chi connectivity index (χ0v) is 17.5. The number of nitrogens with one attached hydrogen (secondary N) is 1. The number of aryl methyl sites for hydroxylation is 1. The van der Waals surface area contributed by atoms with Crippen molar-refractivity contribution in [1.82, 2.24) is 5.32 Å². The topological polar surface area (TPSA) is 84.9 Å². The van der Waals surface area contributed by atoms with Crippen LogP contribution < -0.4 is 19.1 Å². The molecule has 2 aromatic carbocycles. The van der Waals surface area contributed by atoms with Crippen LogP contribution in [0.4, 0.5) is 5.69 Å². The maximum absolute atomic E-state index is 12.8. The monoisotopic (exact) mass is 406 g/mol. The largest absolute Gasteiger partial charge is 0.497 e. The third-order valence-electron chi connectivity index (χ3n) is 4.43. The first-order valence-corrected chi connectivity index (χ1v) is 10.6. The summed E-state index contributed by atoms with van der Waals surface area (Å²) in [6.45, 7) is 3.80. The van der Waals surface area contributed by atoms with Gasteiger partial charge in [-0.05, 0) is 37.1 Å². The van der Waals surface area contributed by atoms with Crippen molar-refractivity contribution in [2.75, 3.05) is 24.8 Å². The highest BCUT2D eigenvalue weighted by Crippen LogP contribution is 2.35. The summed E-state index contributed by atoms with van der Waals surface area (Å²) in [6.07, 6.45) is 1.05. The van der Waals surface area contributed by atoms with Crippen LogP contribution in [0.5, 0.6) is 11.5 Å². The van der Waals surface area contributed by atoms with Gasteiger partial charge in [-0.1, -0.05) is 24.3 Å². The summed E-state index contributed by atoms with van der Waals surface area (Å²) in [5.74, 6) is 0.361. The van der Waals surface area contributed by atoms with Crippen LogP contribution in [0.1, 0.15) is 18.1 Å². The summed E-state index contributed by atoms with van der Waals surface area (Å²) < 4.78 is 36.6. The van der Waals surface area contributed by atoms with E-state index in [0.29, 0.717) is 18.0 Å². The third-order valence-corrected chi connectivity index (χ3v) is 5.65. The van der Waals surface area contributed by atoms with Crippen LogP contribution in [0.2, 0.25) is 0 Å². The van der Waals surface area contributed by atoms with E-state index < -0.39 is 22.0 Å². The molecule has 0 aliphatic carbocycles. The van der Waals surface area contributed by atoms with Gasteiger partial charge in [0.1, 0.15) is 17.5 Å². The Bertz CT molecular complexity index is 943. The van der Waals surface area contributed by atoms with Gasteiger partial charge in [0.15, 0.2) is 0 Å². The molecule has 28 heavy (non-hydrogen) atoms. The second kappa shape index (κ2) is 8.97. The summed E-state index contributed by atoms with van der Waals surface area (Å²) in [5.41, 5.74) is 2.25. The number of hydrogen-bond donors (Lipinski definition) is 1. The Labute approximate surface area is 166 Å². The van der Waals surface area contributed by atoms with Crippen molar-refractivity contribution in [2.24, 2.45) is 0 Å². The summed E-state index contributed by atoms with van der Waals surface area (Å²) in [7, 11) is -0.854. The molecule has 0 bridgehead atoms.